The average Bonchev–Trinajstić information content (AvgIpc) is 3.40. The third-order valence-corrected chi connectivity index (χ3v) is 7.60. The molecule has 8 heteroatoms. The third kappa shape index (κ3) is 3.01. The SMILES string of the molecule is CC1NC2(C(=O)N(Cc3ccc(F)cc3)c3ccccc32)C2C(=O)N(c3ccc(Cl)cc3)C(=O)C12. The quantitative estimate of drug-likeness (QED) is 0.564. The molecule has 1 spiro atoms. The van der Waals surface area contributed by atoms with Gasteiger partial charge in [-0.25, -0.2) is 9.29 Å². The van der Waals surface area contributed by atoms with Crippen molar-refractivity contribution in [2.24, 2.45) is 11.8 Å². The van der Waals surface area contributed by atoms with Crippen molar-refractivity contribution in [1.29, 1.82) is 0 Å². The van der Waals surface area contributed by atoms with Crippen LogP contribution in [-0.2, 0) is 26.5 Å². The van der Waals surface area contributed by atoms with Crippen LogP contribution in [0.3, 0.4) is 0 Å². The van der Waals surface area contributed by atoms with Crippen LogP contribution >= 0.6 is 11.6 Å². The molecule has 2 saturated heterocycles. The molecule has 35 heavy (non-hydrogen) atoms. The Morgan fingerprint density at radius 1 is 0.943 bits per heavy atom. The van der Waals surface area contributed by atoms with Crippen LogP contribution in [0.25, 0.3) is 0 Å². The van der Waals surface area contributed by atoms with Crippen LogP contribution in [0.15, 0.2) is 72.8 Å². The summed E-state index contributed by atoms with van der Waals surface area (Å²) in [6, 6.07) is 19.4. The van der Waals surface area contributed by atoms with Gasteiger partial charge in [0.2, 0.25) is 11.8 Å². The van der Waals surface area contributed by atoms with Gasteiger partial charge in [0.15, 0.2) is 0 Å². The number of imide groups is 1. The van der Waals surface area contributed by atoms with E-state index in [9.17, 15) is 18.8 Å². The second-order valence-electron chi connectivity index (χ2n) is 9.27. The smallest absolute Gasteiger partial charge is 0.253 e. The predicted octanol–water partition coefficient (Wildman–Crippen LogP) is 4.02. The maximum atomic E-state index is 14.2. The first kappa shape index (κ1) is 21.9. The zero-order valence-electron chi connectivity index (χ0n) is 18.7. The molecule has 176 valence electrons. The van der Waals surface area contributed by atoms with E-state index < -0.39 is 29.3 Å². The van der Waals surface area contributed by atoms with E-state index in [1.165, 1.54) is 17.0 Å². The Bertz CT molecular complexity index is 1380. The molecule has 3 aliphatic rings. The molecule has 0 radical (unpaired) electrons. The Labute approximate surface area is 206 Å². The van der Waals surface area contributed by atoms with Gasteiger partial charge < -0.3 is 4.90 Å². The summed E-state index contributed by atoms with van der Waals surface area (Å²) in [6.07, 6.45) is 0. The summed E-state index contributed by atoms with van der Waals surface area (Å²) in [5.74, 6) is -2.98. The molecule has 0 aliphatic carbocycles. The van der Waals surface area contributed by atoms with Gasteiger partial charge in [0.25, 0.3) is 5.91 Å². The van der Waals surface area contributed by atoms with E-state index in [2.05, 4.69) is 5.32 Å². The molecular weight excluding hydrogens is 469 g/mol. The van der Waals surface area contributed by atoms with Crippen LogP contribution in [0, 0.1) is 17.7 Å². The molecule has 3 aromatic rings. The Kier molecular flexibility index (Phi) is 4.85. The highest BCUT2D eigenvalue weighted by atomic mass is 35.5. The zero-order chi connectivity index (χ0) is 24.5. The minimum atomic E-state index is -1.37. The van der Waals surface area contributed by atoms with Gasteiger partial charge in [-0.3, -0.25) is 19.7 Å². The summed E-state index contributed by atoms with van der Waals surface area (Å²) in [5, 5.41) is 3.86. The number of nitrogens with zero attached hydrogens (tertiary/aromatic N) is 2. The van der Waals surface area contributed by atoms with Gasteiger partial charge in [-0.1, -0.05) is 41.9 Å². The summed E-state index contributed by atoms with van der Waals surface area (Å²) < 4.78 is 13.5. The number of nitrogens with one attached hydrogen (secondary N) is 1. The van der Waals surface area contributed by atoms with E-state index in [0.717, 1.165) is 5.56 Å². The van der Waals surface area contributed by atoms with Crippen molar-refractivity contribution >= 4 is 40.7 Å². The fraction of sp³-hybridized carbons (Fsp3) is 0.222. The molecule has 6 rings (SSSR count). The first-order valence-corrected chi connectivity index (χ1v) is 11.8. The molecule has 0 saturated carbocycles. The van der Waals surface area contributed by atoms with Crippen molar-refractivity contribution in [2.45, 2.75) is 25.0 Å². The summed E-state index contributed by atoms with van der Waals surface area (Å²) >= 11 is 6.01. The van der Waals surface area contributed by atoms with Gasteiger partial charge in [-0.05, 0) is 55.0 Å². The van der Waals surface area contributed by atoms with Crippen LogP contribution in [0.5, 0.6) is 0 Å². The number of benzene rings is 3. The summed E-state index contributed by atoms with van der Waals surface area (Å²) in [4.78, 5) is 44.4. The average molecular weight is 490 g/mol. The van der Waals surface area contributed by atoms with Crippen molar-refractivity contribution in [3.8, 4) is 0 Å². The Balaban J connectivity index is 1.45. The van der Waals surface area contributed by atoms with Gasteiger partial charge in [-0.2, -0.15) is 0 Å². The van der Waals surface area contributed by atoms with E-state index in [4.69, 9.17) is 11.6 Å². The molecule has 0 bridgehead atoms. The van der Waals surface area contributed by atoms with Crippen molar-refractivity contribution < 1.29 is 18.8 Å². The number of carbonyl (C=O) groups is 3. The summed E-state index contributed by atoms with van der Waals surface area (Å²) in [7, 11) is 0. The van der Waals surface area contributed by atoms with E-state index in [1.807, 2.05) is 31.2 Å². The highest BCUT2D eigenvalue weighted by molar-refractivity contribution is 6.31. The molecule has 4 atom stereocenters. The molecule has 3 aliphatic heterocycles. The van der Waals surface area contributed by atoms with Gasteiger partial charge in [0.05, 0.1) is 24.1 Å². The molecule has 2 fully saturated rings. The number of hydrogen-bond acceptors (Lipinski definition) is 4. The summed E-state index contributed by atoms with van der Waals surface area (Å²) in [5.41, 5.74) is 1.17. The number of amides is 3. The lowest BCUT2D eigenvalue weighted by molar-refractivity contribution is -0.132. The van der Waals surface area contributed by atoms with Crippen molar-refractivity contribution in [3.63, 3.8) is 0 Å². The van der Waals surface area contributed by atoms with Crippen LogP contribution < -0.4 is 15.1 Å². The number of hydrogen-bond donors (Lipinski definition) is 1. The lowest BCUT2D eigenvalue weighted by atomic mass is 9.76. The standard InChI is InChI=1S/C27H21ClFN3O3/c1-15-22-23(25(34)32(24(22)33)19-12-8-17(28)9-13-19)27(30-15)20-4-2-3-5-21(20)31(26(27)35)14-16-6-10-18(29)11-7-16/h2-13,15,22-23,30H,14H2,1H3. The zero-order valence-corrected chi connectivity index (χ0v) is 19.5. The molecule has 0 aromatic heterocycles. The Morgan fingerprint density at radius 3 is 2.34 bits per heavy atom. The molecule has 1 N–H and O–H groups in total. The fourth-order valence-electron chi connectivity index (χ4n) is 5.88. The minimum absolute atomic E-state index is 0.217. The van der Waals surface area contributed by atoms with Crippen molar-refractivity contribution in [2.75, 3.05) is 9.80 Å². The minimum Gasteiger partial charge on any atom is -0.306 e. The maximum absolute atomic E-state index is 14.2. The van der Waals surface area contributed by atoms with Crippen LogP contribution in [0.1, 0.15) is 18.1 Å². The molecule has 3 aromatic carbocycles. The monoisotopic (exact) mass is 489 g/mol. The molecule has 6 nitrogen and oxygen atoms in total. The topological polar surface area (TPSA) is 69.7 Å². The van der Waals surface area contributed by atoms with Crippen molar-refractivity contribution in [3.05, 3.63) is 94.8 Å². The number of carbonyl (C=O) groups excluding carboxylic acids is 3. The number of anilines is 2. The largest absolute Gasteiger partial charge is 0.306 e. The summed E-state index contributed by atoms with van der Waals surface area (Å²) in [6.45, 7) is 2.05. The highest BCUT2D eigenvalue weighted by Crippen LogP contribution is 2.55. The number of halogens is 2. The Morgan fingerprint density at radius 2 is 1.63 bits per heavy atom. The van der Waals surface area contributed by atoms with Gasteiger partial charge >= 0.3 is 0 Å². The highest BCUT2D eigenvalue weighted by Gasteiger charge is 2.71. The number of rotatable bonds is 3. The molecule has 4 unspecified atom stereocenters. The second-order valence-corrected chi connectivity index (χ2v) is 9.70. The number of para-hydroxylation sites is 1. The molecular formula is C27H21ClFN3O3. The predicted molar refractivity (Wildman–Crippen MR) is 129 cm³/mol. The van der Waals surface area contributed by atoms with E-state index in [1.54, 1.807) is 41.3 Å². The van der Waals surface area contributed by atoms with Gasteiger partial charge in [0, 0.05) is 22.3 Å². The van der Waals surface area contributed by atoms with E-state index in [-0.39, 0.29) is 24.2 Å². The Hall–Kier alpha value is -3.55. The van der Waals surface area contributed by atoms with E-state index in [0.29, 0.717) is 22.0 Å². The fourth-order valence-corrected chi connectivity index (χ4v) is 6.01. The maximum Gasteiger partial charge on any atom is 0.253 e. The number of fused-ring (bicyclic) bond motifs is 4. The molecule has 3 heterocycles. The van der Waals surface area contributed by atoms with Crippen LogP contribution in [0.2, 0.25) is 5.02 Å². The van der Waals surface area contributed by atoms with Crippen LogP contribution in [0.4, 0.5) is 15.8 Å². The van der Waals surface area contributed by atoms with Crippen molar-refractivity contribution in [1.82, 2.24) is 5.32 Å². The lowest BCUT2D eigenvalue weighted by Gasteiger charge is -2.30. The third-order valence-electron chi connectivity index (χ3n) is 7.35. The first-order chi connectivity index (χ1) is 16.8. The second kappa shape index (κ2) is 7.73. The van der Waals surface area contributed by atoms with Gasteiger partial charge in [0.1, 0.15) is 11.4 Å². The van der Waals surface area contributed by atoms with Crippen LogP contribution in [-0.4, -0.2) is 23.8 Å². The van der Waals surface area contributed by atoms with E-state index >= 15 is 0 Å². The van der Waals surface area contributed by atoms with Gasteiger partial charge in [-0.15, -0.1) is 0 Å². The molecule has 3 amide bonds. The first-order valence-electron chi connectivity index (χ1n) is 11.4. The normalized spacial score (nSPS) is 27.2. The lowest BCUT2D eigenvalue weighted by Crippen LogP contribution is -2.54.